The summed E-state index contributed by atoms with van der Waals surface area (Å²) < 4.78 is 16.7. The fraction of sp³-hybridized carbons (Fsp3) is 0.731. The third-order valence-corrected chi connectivity index (χ3v) is 15.2. The molecule has 0 saturated carbocycles. The van der Waals surface area contributed by atoms with Gasteiger partial charge in [-0.05, 0) is 71.3 Å². The number of aromatic hydroxyl groups is 2. The molecule has 0 aromatic heterocycles. The second-order valence-corrected chi connectivity index (χ2v) is 21.7. The van der Waals surface area contributed by atoms with Crippen molar-refractivity contribution in [2.24, 2.45) is 29.6 Å². The van der Waals surface area contributed by atoms with Gasteiger partial charge in [0.05, 0.1) is 55.1 Å². The molecule has 1 aromatic carbocycles. The predicted octanol–water partition coefficient (Wildman–Crippen LogP) is -1.90. The van der Waals surface area contributed by atoms with Gasteiger partial charge in [0, 0.05) is 30.1 Å². The lowest BCUT2D eigenvalue weighted by atomic mass is 9.80. The van der Waals surface area contributed by atoms with Gasteiger partial charge in [-0.1, -0.05) is 59.6 Å². The van der Waals surface area contributed by atoms with Crippen LogP contribution in [-0.2, 0) is 52.6 Å². The zero-order valence-electron chi connectivity index (χ0n) is 46.8. The van der Waals surface area contributed by atoms with Gasteiger partial charge in [0.25, 0.3) is 0 Å². The second-order valence-electron chi connectivity index (χ2n) is 21.4. The van der Waals surface area contributed by atoms with Gasteiger partial charge in [-0.15, -0.1) is 0 Å². The average Bonchev–Trinajstić information content (AvgIpc) is 3.40. The first-order valence-corrected chi connectivity index (χ1v) is 26.9. The summed E-state index contributed by atoms with van der Waals surface area (Å²) in [5, 5.41) is 102. The van der Waals surface area contributed by atoms with Crippen molar-refractivity contribution in [2.45, 2.75) is 193 Å². The van der Waals surface area contributed by atoms with Crippen LogP contribution in [0.3, 0.4) is 0 Å². The zero-order chi connectivity index (χ0) is 60.1. The smallest absolute Gasteiger partial charge is 0.247 e. The molecule has 2 aliphatic heterocycles. The SMILES string of the molecule is CCC(C)C1NC(=O)C(c2cc(O)c(C)c(O)c2Cl)NC(=O)C(NC(=O)C(C)NC(=O)C(NC(=O)CC(=O)C(C)CC(C)CC(C)C(O)C(C)C(OC2OC(CO)C(OC)C(O)C2O)C(C)O)C(C)O)C(C)NC(=O)CNC1=O. The van der Waals surface area contributed by atoms with Crippen LogP contribution in [0, 0.1) is 36.5 Å². The quantitative estimate of drug-likeness (QED) is 0.0503. The average molecular weight is 1150 g/mol. The van der Waals surface area contributed by atoms with Crippen molar-refractivity contribution in [2.75, 3.05) is 20.3 Å². The fourth-order valence-corrected chi connectivity index (χ4v) is 10.0. The summed E-state index contributed by atoms with van der Waals surface area (Å²) in [7, 11) is 1.28. The molecule has 15 N–H and O–H groups in total. The standard InChI is InChI=1S/C52H84ClN7O19/c1-13-21(3)37-48(73)54-18-35(67)55-26(8)38(49(74)60-40(51(76)58-37)30-16-32(65)24(6)42(69)36(30)53)59-47(72)27(9)56-50(75)39(28(10)62)57-34(66)17-31(64)22(4)14-20(2)15-23(5)41(68)25(7)45(29(11)63)79-52-44(71)43(70)46(77-12)33(19-61)78-52/h16,20-23,25-29,33,37-41,43-46,52,61-63,65,68-71H,13-15,17-19H2,1-12H3,(H,54,73)(H,55,67)(H,56,75)(H,57,66)(H,58,76)(H,59,72)(H,60,74). The summed E-state index contributed by atoms with van der Waals surface area (Å²) >= 11 is 6.47. The van der Waals surface area contributed by atoms with E-state index in [-0.39, 0.29) is 23.5 Å². The van der Waals surface area contributed by atoms with E-state index in [1.807, 2.05) is 6.92 Å². The van der Waals surface area contributed by atoms with Crippen molar-refractivity contribution in [3.05, 3.63) is 22.2 Å². The Labute approximate surface area is 464 Å². The number of carbonyl (C=O) groups is 8. The molecule has 2 fully saturated rings. The first-order chi connectivity index (χ1) is 36.8. The van der Waals surface area contributed by atoms with Crippen LogP contribution >= 0.6 is 11.6 Å². The number of benzene rings is 1. The number of phenolic OH excluding ortho intramolecular Hbond substituents is 2. The number of rotatable bonds is 24. The van der Waals surface area contributed by atoms with Gasteiger partial charge in [-0.3, -0.25) is 38.4 Å². The molecule has 26 nitrogen and oxygen atoms in total. The van der Waals surface area contributed by atoms with E-state index in [1.54, 1.807) is 34.6 Å². The first-order valence-electron chi connectivity index (χ1n) is 26.5. The lowest BCUT2D eigenvalue weighted by molar-refractivity contribution is -0.325. The Morgan fingerprint density at radius 2 is 1.49 bits per heavy atom. The number of hydrogen-bond donors (Lipinski definition) is 15. The number of aliphatic hydroxyl groups excluding tert-OH is 6. The number of ether oxygens (including phenoxy) is 3. The van der Waals surface area contributed by atoms with Gasteiger partial charge in [-0.2, -0.15) is 0 Å². The van der Waals surface area contributed by atoms with Crippen LogP contribution in [-0.4, -0.2) is 194 Å². The summed E-state index contributed by atoms with van der Waals surface area (Å²) in [6.07, 6.45) is -11.3. The molecule has 0 bridgehead atoms. The normalized spacial score (nSPS) is 27.6. The summed E-state index contributed by atoms with van der Waals surface area (Å²) in [5.41, 5.74) is -0.349. The van der Waals surface area contributed by atoms with Gasteiger partial charge in [0.1, 0.15) is 71.9 Å². The molecule has 0 spiro atoms. The summed E-state index contributed by atoms with van der Waals surface area (Å²) in [6.45, 7) is 15.5. The molecule has 7 amide bonds. The van der Waals surface area contributed by atoms with Gasteiger partial charge >= 0.3 is 0 Å². The molecule has 0 radical (unpaired) electrons. The molecular weight excluding hydrogens is 1060 g/mol. The maximum absolute atomic E-state index is 14.2. The van der Waals surface area contributed by atoms with Gasteiger partial charge in [-0.25, -0.2) is 0 Å². The number of methoxy groups -OCH3 is 1. The van der Waals surface area contributed by atoms with Crippen molar-refractivity contribution in [1.29, 1.82) is 0 Å². The molecule has 2 heterocycles. The van der Waals surface area contributed by atoms with Crippen LogP contribution < -0.4 is 37.2 Å². The number of amides is 7. The van der Waals surface area contributed by atoms with Crippen molar-refractivity contribution in [3.63, 3.8) is 0 Å². The molecule has 20 unspecified atom stereocenters. The molecule has 20 atom stereocenters. The number of Topliss-reactive ketones (excluding diaryl/α,β-unsaturated/α-hetero) is 1. The number of carbonyl (C=O) groups excluding carboxylic acids is 8. The Kier molecular flexibility index (Phi) is 26.3. The van der Waals surface area contributed by atoms with Crippen molar-refractivity contribution in [3.8, 4) is 11.5 Å². The molecular formula is C52H84ClN7O19. The van der Waals surface area contributed by atoms with Crippen LogP contribution in [0.5, 0.6) is 11.5 Å². The number of halogens is 1. The van der Waals surface area contributed by atoms with Crippen LogP contribution in [0.4, 0.5) is 0 Å². The molecule has 448 valence electrons. The fourth-order valence-electron chi connectivity index (χ4n) is 9.70. The minimum Gasteiger partial charge on any atom is -0.508 e. The summed E-state index contributed by atoms with van der Waals surface area (Å²) in [6, 6.07) is -8.28. The molecule has 27 heteroatoms. The van der Waals surface area contributed by atoms with E-state index in [9.17, 15) is 79.2 Å². The van der Waals surface area contributed by atoms with Crippen molar-refractivity contribution < 1.29 is 93.4 Å². The Morgan fingerprint density at radius 3 is 2.06 bits per heavy atom. The van der Waals surface area contributed by atoms with Crippen molar-refractivity contribution >= 4 is 58.7 Å². The van der Waals surface area contributed by atoms with Gasteiger partial charge in [0.15, 0.2) is 6.29 Å². The van der Waals surface area contributed by atoms with Crippen LogP contribution in [0.15, 0.2) is 6.07 Å². The highest BCUT2D eigenvalue weighted by atomic mass is 35.5. The van der Waals surface area contributed by atoms with E-state index in [1.165, 1.54) is 41.7 Å². The Bertz CT molecular complexity index is 2290. The maximum atomic E-state index is 14.2. The Hall–Kier alpha value is -5.29. The second kappa shape index (κ2) is 30.5. The third kappa shape index (κ3) is 18.1. The van der Waals surface area contributed by atoms with E-state index < -0.39 is 198 Å². The highest BCUT2D eigenvalue weighted by Crippen LogP contribution is 2.40. The van der Waals surface area contributed by atoms with Gasteiger partial charge in [0.2, 0.25) is 41.4 Å². The van der Waals surface area contributed by atoms with E-state index >= 15 is 0 Å². The maximum Gasteiger partial charge on any atom is 0.247 e. The van der Waals surface area contributed by atoms with Crippen LogP contribution in [0.25, 0.3) is 0 Å². The highest BCUT2D eigenvalue weighted by Gasteiger charge is 2.48. The minimum absolute atomic E-state index is 0.0501. The number of aliphatic hydroxyl groups is 6. The molecule has 1 aromatic rings. The molecule has 2 aliphatic rings. The first kappa shape index (κ1) is 68.0. The molecule has 79 heavy (non-hydrogen) atoms. The molecule has 2 saturated heterocycles. The Balaban J connectivity index is 1.69. The topological polar surface area (TPSA) is 410 Å². The van der Waals surface area contributed by atoms with E-state index in [0.29, 0.717) is 12.8 Å². The number of ketones is 1. The highest BCUT2D eigenvalue weighted by molar-refractivity contribution is 6.33. The Morgan fingerprint density at radius 1 is 0.861 bits per heavy atom. The lowest BCUT2D eigenvalue weighted by Gasteiger charge is -2.44. The van der Waals surface area contributed by atoms with E-state index in [4.69, 9.17) is 25.8 Å². The minimum atomic E-state index is -1.83. The summed E-state index contributed by atoms with van der Waals surface area (Å²) in [4.78, 5) is 109. The number of phenols is 2. The monoisotopic (exact) mass is 1150 g/mol. The largest absolute Gasteiger partial charge is 0.508 e. The van der Waals surface area contributed by atoms with E-state index in [2.05, 4.69) is 37.2 Å². The molecule has 3 rings (SSSR count). The van der Waals surface area contributed by atoms with Crippen LogP contribution in [0.2, 0.25) is 5.02 Å². The van der Waals surface area contributed by atoms with Gasteiger partial charge < -0.3 is 92.3 Å². The third-order valence-electron chi connectivity index (χ3n) is 14.8. The van der Waals surface area contributed by atoms with Crippen LogP contribution in [0.1, 0.15) is 112 Å². The number of hydrogen-bond acceptors (Lipinski definition) is 19. The predicted molar refractivity (Wildman–Crippen MR) is 282 cm³/mol. The summed E-state index contributed by atoms with van der Waals surface area (Å²) in [5.74, 6) is -11.0. The number of nitrogens with one attached hydrogen (secondary N) is 7. The lowest BCUT2D eigenvalue weighted by Crippen LogP contribution is -2.62. The van der Waals surface area contributed by atoms with E-state index in [0.717, 1.165) is 6.07 Å². The zero-order valence-corrected chi connectivity index (χ0v) is 47.6. The molecule has 0 aliphatic carbocycles. The van der Waals surface area contributed by atoms with Crippen molar-refractivity contribution in [1.82, 2.24) is 37.2 Å².